The van der Waals surface area contributed by atoms with Crippen LogP contribution in [-0.4, -0.2) is 44.5 Å². The molecule has 0 saturated heterocycles. The molecule has 0 rings (SSSR count). The van der Waals surface area contributed by atoms with Crippen molar-refractivity contribution in [1.82, 2.24) is 4.90 Å². The number of sulfone groups is 1. The number of hydrogen-bond donors (Lipinski definition) is 0. The van der Waals surface area contributed by atoms with Crippen molar-refractivity contribution < 1.29 is 8.42 Å². The Morgan fingerprint density at radius 3 is 2.43 bits per heavy atom. The van der Waals surface area contributed by atoms with Gasteiger partial charge in [0.25, 0.3) is 0 Å². The van der Waals surface area contributed by atoms with Gasteiger partial charge in [0.15, 0.2) is 0 Å². The minimum Gasteiger partial charge on any atom is -0.291 e. The molecule has 0 aromatic rings. The second-order valence-electron chi connectivity index (χ2n) is 3.12. The molecule has 0 N–H and O–H groups in total. The Labute approximate surface area is 86.4 Å². The zero-order valence-corrected chi connectivity index (χ0v) is 9.68. The average Bonchev–Trinajstić information content (AvgIpc) is 2.16. The largest absolute Gasteiger partial charge is 0.291 e. The maximum absolute atomic E-state index is 11.1. The summed E-state index contributed by atoms with van der Waals surface area (Å²) in [6.45, 7) is 5.47. The predicted molar refractivity (Wildman–Crippen MR) is 56.7 cm³/mol. The SMILES string of the molecule is CCN(CC#N)CCCS(=O)(=O)CC. The standard InChI is InChI=1S/C9H18N2O2S/c1-3-11(8-6-10)7-5-9-14(12,13)4-2/h3-5,7-9H2,1-2H3. The van der Waals surface area contributed by atoms with E-state index in [4.69, 9.17) is 5.26 Å². The summed E-state index contributed by atoms with van der Waals surface area (Å²) in [5.74, 6) is 0.433. The van der Waals surface area contributed by atoms with Crippen LogP contribution in [0.15, 0.2) is 0 Å². The number of rotatable bonds is 7. The third-order valence-electron chi connectivity index (χ3n) is 2.11. The highest BCUT2D eigenvalue weighted by molar-refractivity contribution is 7.91. The van der Waals surface area contributed by atoms with Crippen LogP contribution in [0, 0.1) is 11.3 Å². The molecule has 0 aliphatic carbocycles. The van der Waals surface area contributed by atoms with Crippen LogP contribution in [0.4, 0.5) is 0 Å². The lowest BCUT2D eigenvalue weighted by Gasteiger charge is -2.15. The summed E-state index contributed by atoms with van der Waals surface area (Å²) >= 11 is 0. The number of hydrogen-bond acceptors (Lipinski definition) is 4. The Balaban J connectivity index is 3.78. The van der Waals surface area contributed by atoms with Crippen LogP contribution in [0.5, 0.6) is 0 Å². The van der Waals surface area contributed by atoms with E-state index in [1.165, 1.54) is 0 Å². The van der Waals surface area contributed by atoms with Crippen molar-refractivity contribution >= 4 is 9.84 Å². The number of nitriles is 1. The highest BCUT2D eigenvalue weighted by Gasteiger charge is 2.08. The average molecular weight is 218 g/mol. The Bertz CT molecular complexity index is 280. The van der Waals surface area contributed by atoms with Crippen molar-refractivity contribution in [2.45, 2.75) is 20.3 Å². The van der Waals surface area contributed by atoms with Crippen LogP contribution < -0.4 is 0 Å². The molecule has 0 fully saturated rings. The smallest absolute Gasteiger partial charge is 0.150 e. The molecule has 0 heterocycles. The first-order chi connectivity index (χ1) is 6.55. The zero-order chi connectivity index (χ0) is 11.0. The Morgan fingerprint density at radius 1 is 1.36 bits per heavy atom. The third kappa shape index (κ3) is 5.95. The van der Waals surface area contributed by atoms with E-state index in [0.717, 1.165) is 6.54 Å². The van der Waals surface area contributed by atoms with E-state index < -0.39 is 9.84 Å². The van der Waals surface area contributed by atoms with Crippen molar-refractivity contribution in [2.75, 3.05) is 31.1 Å². The molecule has 0 radical (unpaired) electrons. The van der Waals surface area contributed by atoms with Crippen molar-refractivity contribution in [3.05, 3.63) is 0 Å². The molecule has 0 aliphatic rings. The molecule has 0 unspecified atom stereocenters. The first-order valence-electron chi connectivity index (χ1n) is 4.85. The predicted octanol–water partition coefficient (Wildman–Crippen LogP) is 0.657. The van der Waals surface area contributed by atoms with Crippen molar-refractivity contribution in [3.63, 3.8) is 0 Å². The van der Waals surface area contributed by atoms with Crippen molar-refractivity contribution in [3.8, 4) is 6.07 Å². The molecule has 0 amide bonds. The van der Waals surface area contributed by atoms with Gasteiger partial charge in [0.2, 0.25) is 0 Å². The minimum absolute atomic E-state index is 0.206. The van der Waals surface area contributed by atoms with E-state index >= 15 is 0 Å². The normalized spacial score (nSPS) is 11.6. The first kappa shape index (κ1) is 13.4. The fourth-order valence-electron chi connectivity index (χ4n) is 1.10. The molecule has 5 heteroatoms. The third-order valence-corrected chi connectivity index (χ3v) is 3.90. The molecule has 14 heavy (non-hydrogen) atoms. The Kier molecular flexibility index (Phi) is 6.50. The van der Waals surface area contributed by atoms with E-state index in [1.807, 2.05) is 11.8 Å². The van der Waals surface area contributed by atoms with Crippen LogP contribution in [0.2, 0.25) is 0 Å². The summed E-state index contributed by atoms with van der Waals surface area (Å²) in [6.07, 6.45) is 0.617. The van der Waals surface area contributed by atoms with Gasteiger partial charge in [0.1, 0.15) is 9.84 Å². The molecule has 82 valence electrons. The molecule has 0 atom stereocenters. The fraction of sp³-hybridized carbons (Fsp3) is 0.889. The van der Waals surface area contributed by atoms with Gasteiger partial charge in [-0.1, -0.05) is 13.8 Å². The monoisotopic (exact) mass is 218 g/mol. The molecular formula is C9H18N2O2S. The van der Waals surface area contributed by atoms with E-state index in [0.29, 0.717) is 19.5 Å². The summed E-state index contributed by atoms with van der Waals surface area (Å²) in [6, 6.07) is 2.06. The summed E-state index contributed by atoms with van der Waals surface area (Å²) in [4.78, 5) is 1.94. The molecule has 0 spiro atoms. The summed E-state index contributed by atoms with van der Waals surface area (Å²) < 4.78 is 22.3. The topological polar surface area (TPSA) is 61.2 Å². The van der Waals surface area contributed by atoms with Crippen LogP contribution in [0.3, 0.4) is 0 Å². The second kappa shape index (κ2) is 6.80. The van der Waals surface area contributed by atoms with Gasteiger partial charge in [-0.15, -0.1) is 0 Å². The first-order valence-corrected chi connectivity index (χ1v) is 6.67. The maximum Gasteiger partial charge on any atom is 0.150 e. The summed E-state index contributed by atoms with van der Waals surface area (Å²) in [5.41, 5.74) is 0. The fourth-order valence-corrected chi connectivity index (χ4v) is 1.96. The van der Waals surface area contributed by atoms with Crippen molar-refractivity contribution in [1.29, 1.82) is 5.26 Å². The highest BCUT2D eigenvalue weighted by atomic mass is 32.2. The molecule has 0 aromatic heterocycles. The van der Waals surface area contributed by atoms with Crippen molar-refractivity contribution in [2.24, 2.45) is 0 Å². The van der Waals surface area contributed by atoms with Crippen LogP contribution in [0.1, 0.15) is 20.3 Å². The van der Waals surface area contributed by atoms with Gasteiger partial charge in [-0.05, 0) is 13.0 Å². The lowest BCUT2D eigenvalue weighted by atomic mass is 10.4. The molecular weight excluding hydrogens is 200 g/mol. The lowest BCUT2D eigenvalue weighted by Crippen LogP contribution is -2.26. The van der Waals surface area contributed by atoms with Gasteiger partial charge in [0.05, 0.1) is 18.4 Å². The van der Waals surface area contributed by atoms with Crippen LogP contribution in [0.25, 0.3) is 0 Å². The zero-order valence-electron chi connectivity index (χ0n) is 8.86. The molecule has 0 bridgehead atoms. The Hall–Kier alpha value is -0.600. The maximum atomic E-state index is 11.1. The lowest BCUT2D eigenvalue weighted by molar-refractivity contribution is 0.323. The van der Waals surface area contributed by atoms with Gasteiger partial charge in [-0.2, -0.15) is 5.26 Å². The van der Waals surface area contributed by atoms with Crippen LogP contribution >= 0.6 is 0 Å². The Morgan fingerprint density at radius 2 is 2.00 bits per heavy atom. The summed E-state index contributed by atoms with van der Waals surface area (Å²) in [5, 5.41) is 8.46. The van der Waals surface area contributed by atoms with Gasteiger partial charge >= 0.3 is 0 Å². The van der Waals surface area contributed by atoms with E-state index in [9.17, 15) is 8.42 Å². The molecule has 0 saturated carbocycles. The minimum atomic E-state index is -2.85. The summed E-state index contributed by atoms with van der Waals surface area (Å²) in [7, 11) is -2.85. The number of nitrogens with zero attached hydrogens (tertiary/aromatic N) is 2. The second-order valence-corrected chi connectivity index (χ2v) is 5.59. The molecule has 4 nitrogen and oxygen atoms in total. The highest BCUT2D eigenvalue weighted by Crippen LogP contribution is 1.96. The van der Waals surface area contributed by atoms with Gasteiger partial charge in [-0.3, -0.25) is 4.90 Å². The van der Waals surface area contributed by atoms with E-state index in [2.05, 4.69) is 6.07 Å². The van der Waals surface area contributed by atoms with E-state index in [-0.39, 0.29) is 11.5 Å². The molecule has 0 aromatic carbocycles. The van der Waals surface area contributed by atoms with Crippen LogP contribution in [-0.2, 0) is 9.84 Å². The van der Waals surface area contributed by atoms with Gasteiger partial charge < -0.3 is 0 Å². The van der Waals surface area contributed by atoms with E-state index in [1.54, 1.807) is 6.92 Å². The van der Waals surface area contributed by atoms with Gasteiger partial charge in [-0.25, -0.2) is 8.42 Å². The quantitative estimate of drug-likeness (QED) is 0.589. The van der Waals surface area contributed by atoms with Gasteiger partial charge in [0, 0.05) is 12.3 Å². The molecule has 0 aliphatic heterocycles.